The lowest BCUT2D eigenvalue weighted by atomic mass is 9.91. The summed E-state index contributed by atoms with van der Waals surface area (Å²) in [5, 5.41) is 1.25. The van der Waals surface area contributed by atoms with Gasteiger partial charge in [0.2, 0.25) is 0 Å². The first-order chi connectivity index (χ1) is 11.3. The number of hydrogen-bond acceptors (Lipinski definition) is 3. The van der Waals surface area contributed by atoms with Crippen LogP contribution in [0.25, 0.3) is 22.0 Å². The molecule has 5 rings (SSSR count). The van der Waals surface area contributed by atoms with Crippen molar-refractivity contribution in [3.63, 3.8) is 0 Å². The first-order valence-electron chi connectivity index (χ1n) is 8.26. The summed E-state index contributed by atoms with van der Waals surface area (Å²) in [6.45, 7) is 3.57. The van der Waals surface area contributed by atoms with E-state index in [1.54, 1.807) is 0 Å². The Balaban J connectivity index is 1.48. The van der Waals surface area contributed by atoms with Gasteiger partial charge in [-0.05, 0) is 36.2 Å². The van der Waals surface area contributed by atoms with Crippen molar-refractivity contribution in [2.75, 3.05) is 31.6 Å². The largest absolute Gasteiger partial charge is 0.365 e. The zero-order chi connectivity index (χ0) is 15.4. The fourth-order valence-electron chi connectivity index (χ4n) is 4.11. The molecule has 4 heteroatoms. The van der Waals surface area contributed by atoms with Crippen molar-refractivity contribution >= 4 is 16.6 Å². The molecule has 0 radical (unpaired) electrons. The second-order valence-corrected chi connectivity index (χ2v) is 6.91. The summed E-state index contributed by atoms with van der Waals surface area (Å²) in [4.78, 5) is 12.7. The van der Waals surface area contributed by atoms with Crippen LogP contribution in [0.2, 0.25) is 0 Å². The lowest BCUT2D eigenvalue weighted by Crippen LogP contribution is -2.55. The Morgan fingerprint density at radius 1 is 1.04 bits per heavy atom. The second kappa shape index (κ2) is 4.83. The lowest BCUT2D eigenvalue weighted by molar-refractivity contribution is 0.361. The third-order valence-electron chi connectivity index (χ3n) is 5.36. The van der Waals surface area contributed by atoms with Gasteiger partial charge in [-0.1, -0.05) is 12.1 Å². The molecule has 4 heterocycles. The van der Waals surface area contributed by atoms with Gasteiger partial charge in [0, 0.05) is 55.1 Å². The van der Waals surface area contributed by atoms with Crippen molar-refractivity contribution in [2.24, 2.45) is 5.92 Å². The normalized spacial score (nSPS) is 24.0. The predicted molar refractivity (Wildman–Crippen MR) is 93.7 cm³/mol. The highest BCUT2D eigenvalue weighted by atomic mass is 15.3. The summed E-state index contributed by atoms with van der Waals surface area (Å²) >= 11 is 0. The number of likely N-dealkylation sites (N-methyl/N-ethyl adjacent to an activating group) is 1. The summed E-state index contributed by atoms with van der Waals surface area (Å²) in [7, 11) is 2.22. The van der Waals surface area contributed by atoms with E-state index in [2.05, 4.69) is 57.1 Å². The average Bonchev–Trinajstić information content (AvgIpc) is 3.14. The van der Waals surface area contributed by atoms with Gasteiger partial charge in [0.05, 0.1) is 11.9 Å². The van der Waals surface area contributed by atoms with Crippen molar-refractivity contribution < 1.29 is 0 Å². The van der Waals surface area contributed by atoms with Crippen LogP contribution in [0.5, 0.6) is 0 Å². The SMILES string of the molecule is CN1C[C@@H]2CN(c3cncc(-c4ccc5cc[nH]c5c4)c3)[C@@H]2C1. The van der Waals surface area contributed by atoms with Crippen LogP contribution in [0.3, 0.4) is 0 Å². The molecule has 2 aromatic heterocycles. The molecule has 1 aromatic carbocycles. The van der Waals surface area contributed by atoms with E-state index >= 15 is 0 Å². The molecule has 0 unspecified atom stereocenters. The number of nitrogens with one attached hydrogen (secondary N) is 1. The molecule has 0 spiro atoms. The topological polar surface area (TPSA) is 35.2 Å². The Morgan fingerprint density at radius 3 is 2.91 bits per heavy atom. The standard InChI is InChI=1S/C19H20N4/c1-22-10-16-11-23(19(16)12-22)17-6-15(8-20-9-17)14-3-2-13-4-5-21-18(13)7-14/h2-9,16,19,21H,10-12H2,1H3/t16-,19-/m1/s1. The molecule has 0 amide bonds. The molecular formula is C19H20N4. The van der Waals surface area contributed by atoms with E-state index in [1.165, 1.54) is 40.8 Å². The Labute approximate surface area is 135 Å². The monoisotopic (exact) mass is 304 g/mol. The molecule has 2 aliphatic rings. The van der Waals surface area contributed by atoms with E-state index < -0.39 is 0 Å². The van der Waals surface area contributed by atoms with E-state index in [-0.39, 0.29) is 0 Å². The molecule has 3 aromatic rings. The number of hydrogen-bond donors (Lipinski definition) is 1. The maximum atomic E-state index is 4.50. The van der Waals surface area contributed by atoms with E-state index in [1.807, 2.05) is 18.6 Å². The van der Waals surface area contributed by atoms with Crippen molar-refractivity contribution in [3.05, 3.63) is 48.9 Å². The average molecular weight is 304 g/mol. The van der Waals surface area contributed by atoms with Crippen molar-refractivity contribution in [1.29, 1.82) is 0 Å². The van der Waals surface area contributed by atoms with Crippen LogP contribution in [0.4, 0.5) is 5.69 Å². The van der Waals surface area contributed by atoms with Crippen LogP contribution in [0, 0.1) is 5.92 Å². The number of benzene rings is 1. The fraction of sp³-hybridized carbons (Fsp3) is 0.316. The van der Waals surface area contributed by atoms with Crippen LogP contribution < -0.4 is 4.90 Å². The molecule has 2 fully saturated rings. The number of rotatable bonds is 2. The highest BCUT2D eigenvalue weighted by Gasteiger charge is 2.44. The Bertz CT molecular complexity index is 868. The lowest BCUT2D eigenvalue weighted by Gasteiger charge is -2.45. The number of likely N-dealkylation sites (tertiary alicyclic amines) is 1. The molecule has 0 bridgehead atoms. The maximum absolute atomic E-state index is 4.50. The highest BCUT2D eigenvalue weighted by Crippen LogP contribution is 2.37. The first-order valence-corrected chi connectivity index (χ1v) is 8.26. The highest BCUT2D eigenvalue weighted by molar-refractivity contribution is 5.85. The van der Waals surface area contributed by atoms with E-state index in [9.17, 15) is 0 Å². The summed E-state index contributed by atoms with van der Waals surface area (Å²) < 4.78 is 0. The molecule has 1 N–H and O–H groups in total. The summed E-state index contributed by atoms with van der Waals surface area (Å²) in [6.07, 6.45) is 5.96. The van der Waals surface area contributed by atoms with Gasteiger partial charge in [0.1, 0.15) is 0 Å². The minimum Gasteiger partial charge on any atom is -0.365 e. The molecule has 2 aliphatic heterocycles. The Kier molecular flexibility index (Phi) is 2.76. The Hall–Kier alpha value is -2.33. The third-order valence-corrected chi connectivity index (χ3v) is 5.36. The maximum Gasteiger partial charge on any atom is 0.0562 e. The summed E-state index contributed by atoms with van der Waals surface area (Å²) in [5.74, 6) is 0.832. The number of pyridine rings is 1. The third kappa shape index (κ3) is 2.05. The summed E-state index contributed by atoms with van der Waals surface area (Å²) in [5.41, 5.74) is 4.84. The van der Waals surface area contributed by atoms with E-state index in [4.69, 9.17) is 0 Å². The smallest absolute Gasteiger partial charge is 0.0562 e. The second-order valence-electron chi connectivity index (χ2n) is 6.91. The minimum absolute atomic E-state index is 0.669. The van der Waals surface area contributed by atoms with Crippen LogP contribution in [-0.2, 0) is 0 Å². The molecule has 116 valence electrons. The number of anilines is 1. The number of aromatic nitrogens is 2. The van der Waals surface area contributed by atoms with Crippen LogP contribution in [-0.4, -0.2) is 47.6 Å². The number of aromatic amines is 1. The zero-order valence-electron chi connectivity index (χ0n) is 13.2. The van der Waals surface area contributed by atoms with Gasteiger partial charge in [-0.3, -0.25) is 4.98 Å². The van der Waals surface area contributed by atoms with E-state index in [0.29, 0.717) is 6.04 Å². The van der Waals surface area contributed by atoms with Gasteiger partial charge >= 0.3 is 0 Å². The first kappa shape index (κ1) is 13.1. The van der Waals surface area contributed by atoms with Crippen LogP contribution >= 0.6 is 0 Å². The van der Waals surface area contributed by atoms with Crippen LogP contribution in [0.15, 0.2) is 48.9 Å². The zero-order valence-corrected chi connectivity index (χ0v) is 13.2. The van der Waals surface area contributed by atoms with Gasteiger partial charge < -0.3 is 14.8 Å². The molecular weight excluding hydrogens is 284 g/mol. The molecule has 2 saturated heterocycles. The molecule has 23 heavy (non-hydrogen) atoms. The minimum atomic E-state index is 0.669. The van der Waals surface area contributed by atoms with Crippen molar-refractivity contribution in [2.45, 2.75) is 6.04 Å². The van der Waals surface area contributed by atoms with Gasteiger partial charge in [-0.2, -0.15) is 0 Å². The fourth-order valence-corrected chi connectivity index (χ4v) is 4.11. The van der Waals surface area contributed by atoms with Gasteiger partial charge in [0.15, 0.2) is 0 Å². The van der Waals surface area contributed by atoms with E-state index in [0.717, 1.165) is 12.5 Å². The van der Waals surface area contributed by atoms with Crippen molar-refractivity contribution in [1.82, 2.24) is 14.9 Å². The number of nitrogens with zero attached hydrogens (tertiary/aromatic N) is 3. The Morgan fingerprint density at radius 2 is 2.00 bits per heavy atom. The molecule has 4 nitrogen and oxygen atoms in total. The quantitative estimate of drug-likeness (QED) is 0.790. The van der Waals surface area contributed by atoms with Gasteiger partial charge in [-0.15, -0.1) is 0 Å². The number of H-pyrrole nitrogens is 1. The molecule has 2 atom stereocenters. The summed E-state index contributed by atoms with van der Waals surface area (Å²) in [6, 6.07) is 11.6. The molecule has 0 saturated carbocycles. The molecule has 0 aliphatic carbocycles. The van der Waals surface area contributed by atoms with Crippen LogP contribution in [0.1, 0.15) is 0 Å². The van der Waals surface area contributed by atoms with Crippen molar-refractivity contribution in [3.8, 4) is 11.1 Å². The van der Waals surface area contributed by atoms with Gasteiger partial charge in [-0.25, -0.2) is 0 Å². The predicted octanol–water partition coefficient (Wildman–Crippen LogP) is 2.98. The number of fused-ring (bicyclic) bond motifs is 2. The van der Waals surface area contributed by atoms with Gasteiger partial charge in [0.25, 0.3) is 0 Å².